The molecule has 1 aromatic rings. The van der Waals surface area contributed by atoms with E-state index in [4.69, 9.17) is 9.47 Å². The van der Waals surface area contributed by atoms with Crippen LogP contribution in [0.3, 0.4) is 0 Å². The molecule has 6 nitrogen and oxygen atoms in total. The predicted molar refractivity (Wildman–Crippen MR) is 72.8 cm³/mol. The van der Waals surface area contributed by atoms with Gasteiger partial charge in [-0.2, -0.15) is 0 Å². The molecule has 1 aromatic carbocycles. The summed E-state index contributed by atoms with van der Waals surface area (Å²) in [5.41, 5.74) is 0.762. The first-order valence-electron chi connectivity index (χ1n) is 5.91. The first-order valence-corrected chi connectivity index (χ1v) is 5.91. The van der Waals surface area contributed by atoms with Crippen molar-refractivity contribution < 1.29 is 14.4 Å². The number of hydrogen-bond donors (Lipinski definition) is 1. The lowest BCUT2D eigenvalue weighted by Crippen LogP contribution is -2.18. The Morgan fingerprint density at radius 1 is 1.53 bits per heavy atom. The average molecular weight is 266 g/mol. The molecule has 19 heavy (non-hydrogen) atoms. The van der Waals surface area contributed by atoms with Crippen LogP contribution in [0.1, 0.15) is 6.92 Å². The van der Waals surface area contributed by atoms with Gasteiger partial charge in [-0.25, -0.2) is 0 Å². The molecule has 0 atom stereocenters. The van der Waals surface area contributed by atoms with Gasteiger partial charge in [-0.3, -0.25) is 10.1 Å². The molecule has 0 bridgehead atoms. The third kappa shape index (κ3) is 4.59. The number of nitro benzene ring substituents is 1. The number of hydrogen-bond acceptors (Lipinski definition) is 5. The summed E-state index contributed by atoms with van der Waals surface area (Å²) in [6.45, 7) is 7.69. The summed E-state index contributed by atoms with van der Waals surface area (Å²) < 4.78 is 10.4. The van der Waals surface area contributed by atoms with Crippen molar-refractivity contribution in [2.45, 2.75) is 6.92 Å². The largest absolute Gasteiger partial charge is 0.490 e. The lowest BCUT2D eigenvalue weighted by Gasteiger charge is -2.09. The van der Waals surface area contributed by atoms with Gasteiger partial charge in [0.25, 0.3) is 0 Å². The first-order chi connectivity index (χ1) is 9.08. The van der Waals surface area contributed by atoms with Crippen LogP contribution in [0.25, 0.3) is 0 Å². The molecule has 0 radical (unpaired) electrons. The predicted octanol–water partition coefficient (Wildman–Crippen LogP) is 2.15. The molecule has 0 amide bonds. The monoisotopic (exact) mass is 266 g/mol. The minimum absolute atomic E-state index is 0.114. The lowest BCUT2D eigenvalue weighted by molar-refractivity contribution is -0.385. The highest BCUT2D eigenvalue weighted by atomic mass is 16.6. The Kier molecular flexibility index (Phi) is 5.81. The summed E-state index contributed by atoms with van der Waals surface area (Å²) in [7, 11) is 1.39. The van der Waals surface area contributed by atoms with Crippen molar-refractivity contribution in [3.05, 3.63) is 40.5 Å². The number of likely N-dealkylation sites (N-methyl/N-ethyl adjacent to an activating group) is 1. The molecule has 0 unspecified atom stereocenters. The van der Waals surface area contributed by atoms with Gasteiger partial charge in [0.2, 0.25) is 0 Å². The molecule has 6 heteroatoms. The van der Waals surface area contributed by atoms with Crippen molar-refractivity contribution in [1.82, 2.24) is 5.32 Å². The van der Waals surface area contributed by atoms with Crippen molar-refractivity contribution in [1.29, 1.82) is 0 Å². The van der Waals surface area contributed by atoms with Crippen molar-refractivity contribution in [2.75, 3.05) is 26.8 Å². The van der Waals surface area contributed by atoms with Gasteiger partial charge in [-0.15, -0.1) is 0 Å². The fourth-order valence-electron chi connectivity index (χ4n) is 1.44. The van der Waals surface area contributed by atoms with E-state index < -0.39 is 4.92 Å². The van der Waals surface area contributed by atoms with E-state index >= 15 is 0 Å². The van der Waals surface area contributed by atoms with E-state index in [1.54, 1.807) is 6.07 Å². The second-order valence-corrected chi connectivity index (χ2v) is 3.91. The molecule has 0 heterocycles. The zero-order valence-corrected chi connectivity index (χ0v) is 11.1. The number of benzene rings is 1. The van der Waals surface area contributed by atoms with E-state index in [0.717, 1.165) is 12.1 Å². The average Bonchev–Trinajstić information content (AvgIpc) is 2.42. The van der Waals surface area contributed by atoms with Gasteiger partial charge in [-0.1, -0.05) is 13.5 Å². The van der Waals surface area contributed by atoms with Gasteiger partial charge in [0, 0.05) is 6.54 Å². The molecular weight excluding hydrogens is 248 g/mol. The Morgan fingerprint density at radius 2 is 2.26 bits per heavy atom. The van der Waals surface area contributed by atoms with Crippen LogP contribution >= 0.6 is 0 Å². The number of methoxy groups -OCH3 is 1. The Labute approximate surface area is 112 Å². The molecule has 0 aromatic heterocycles. The summed E-state index contributed by atoms with van der Waals surface area (Å²) in [5, 5.41) is 14.0. The van der Waals surface area contributed by atoms with Gasteiger partial charge < -0.3 is 14.8 Å². The maximum atomic E-state index is 10.9. The van der Waals surface area contributed by atoms with Crippen LogP contribution in [-0.2, 0) is 0 Å². The number of nitrogens with zero attached hydrogens (tertiary/aromatic N) is 1. The fraction of sp³-hybridized carbons (Fsp3) is 0.385. The van der Waals surface area contributed by atoms with E-state index in [-0.39, 0.29) is 11.4 Å². The zero-order chi connectivity index (χ0) is 14.3. The second-order valence-electron chi connectivity index (χ2n) is 3.91. The van der Waals surface area contributed by atoms with Crippen molar-refractivity contribution in [2.24, 2.45) is 0 Å². The third-order valence-corrected chi connectivity index (χ3v) is 2.41. The van der Waals surface area contributed by atoms with Crippen LogP contribution in [0.15, 0.2) is 30.4 Å². The molecule has 0 aliphatic heterocycles. The highest BCUT2D eigenvalue weighted by molar-refractivity contribution is 5.50. The smallest absolute Gasteiger partial charge is 0.314 e. The van der Waals surface area contributed by atoms with Crippen molar-refractivity contribution >= 4 is 5.69 Å². The normalized spacial score (nSPS) is 10.0. The van der Waals surface area contributed by atoms with Gasteiger partial charge >= 0.3 is 5.69 Å². The Bertz CT molecular complexity index is 460. The molecule has 1 rings (SSSR count). The molecule has 1 N–H and O–H groups in total. The highest BCUT2D eigenvalue weighted by Gasteiger charge is 2.15. The first kappa shape index (κ1) is 15.0. The van der Waals surface area contributed by atoms with Gasteiger partial charge in [0.1, 0.15) is 12.4 Å². The summed E-state index contributed by atoms with van der Waals surface area (Å²) in [6, 6.07) is 4.49. The standard InChI is InChI=1S/C13H18N2O4/c1-4-14-8-10(2)9-19-11-5-6-13(18-3)12(7-11)15(16)17/h5-7,14H,2,4,8-9H2,1,3H3. The summed E-state index contributed by atoms with van der Waals surface area (Å²) in [4.78, 5) is 10.4. The van der Waals surface area contributed by atoms with E-state index in [0.29, 0.717) is 18.9 Å². The second kappa shape index (κ2) is 7.38. The third-order valence-electron chi connectivity index (χ3n) is 2.41. The maximum Gasteiger partial charge on any atom is 0.314 e. The lowest BCUT2D eigenvalue weighted by atomic mass is 10.2. The maximum absolute atomic E-state index is 10.9. The molecule has 0 saturated heterocycles. The number of nitro groups is 1. The Balaban J connectivity index is 2.67. The van der Waals surface area contributed by atoms with Crippen LogP contribution in [0.4, 0.5) is 5.69 Å². The van der Waals surface area contributed by atoms with Gasteiger partial charge in [-0.05, 0) is 24.3 Å². The van der Waals surface area contributed by atoms with Crippen LogP contribution in [0.5, 0.6) is 11.5 Å². The number of rotatable bonds is 8. The van der Waals surface area contributed by atoms with Crippen molar-refractivity contribution in [3.63, 3.8) is 0 Å². The minimum atomic E-state index is -0.501. The van der Waals surface area contributed by atoms with E-state index in [1.807, 2.05) is 6.92 Å². The summed E-state index contributed by atoms with van der Waals surface area (Å²) in [6.07, 6.45) is 0. The van der Waals surface area contributed by atoms with Crippen LogP contribution in [-0.4, -0.2) is 31.7 Å². The van der Waals surface area contributed by atoms with Gasteiger partial charge in [0.05, 0.1) is 18.1 Å². The molecular formula is C13H18N2O4. The zero-order valence-electron chi connectivity index (χ0n) is 11.1. The number of nitrogens with one attached hydrogen (secondary N) is 1. The summed E-state index contributed by atoms with van der Waals surface area (Å²) in [5.74, 6) is 0.633. The van der Waals surface area contributed by atoms with Crippen LogP contribution in [0, 0.1) is 10.1 Å². The van der Waals surface area contributed by atoms with E-state index in [1.165, 1.54) is 19.2 Å². The molecule has 0 aliphatic rings. The summed E-state index contributed by atoms with van der Waals surface area (Å²) >= 11 is 0. The molecule has 0 saturated carbocycles. The fourth-order valence-corrected chi connectivity index (χ4v) is 1.44. The van der Waals surface area contributed by atoms with Gasteiger partial charge in [0.15, 0.2) is 5.75 Å². The van der Waals surface area contributed by atoms with Crippen LogP contribution in [0.2, 0.25) is 0 Å². The highest BCUT2D eigenvalue weighted by Crippen LogP contribution is 2.30. The molecule has 104 valence electrons. The molecule has 0 spiro atoms. The SMILES string of the molecule is C=C(CNCC)COc1ccc(OC)c([N+](=O)[O-])c1. The van der Waals surface area contributed by atoms with E-state index in [9.17, 15) is 10.1 Å². The molecule has 0 aliphatic carbocycles. The topological polar surface area (TPSA) is 73.6 Å². The Hall–Kier alpha value is -2.08. The Morgan fingerprint density at radius 3 is 2.84 bits per heavy atom. The van der Waals surface area contributed by atoms with Crippen LogP contribution < -0.4 is 14.8 Å². The minimum Gasteiger partial charge on any atom is -0.490 e. The van der Waals surface area contributed by atoms with Crippen molar-refractivity contribution in [3.8, 4) is 11.5 Å². The molecule has 0 fully saturated rings. The quantitative estimate of drug-likeness (QED) is 0.443. The van der Waals surface area contributed by atoms with E-state index in [2.05, 4.69) is 11.9 Å². The number of ether oxygens (including phenoxy) is 2.